The van der Waals surface area contributed by atoms with E-state index in [1.54, 1.807) is 48.5 Å². The quantitative estimate of drug-likeness (QED) is 0.511. The summed E-state index contributed by atoms with van der Waals surface area (Å²) < 4.78 is 5.60. The highest BCUT2D eigenvalue weighted by Gasteiger charge is 2.02. The van der Waals surface area contributed by atoms with Crippen LogP contribution in [0.5, 0.6) is 11.5 Å². The third-order valence-corrected chi connectivity index (χ3v) is 2.78. The fraction of sp³-hybridized carbons (Fsp3) is 0. The molecule has 0 amide bonds. The van der Waals surface area contributed by atoms with Crippen LogP contribution in [0.3, 0.4) is 0 Å². The van der Waals surface area contributed by atoms with Gasteiger partial charge in [0.1, 0.15) is 11.5 Å². The van der Waals surface area contributed by atoms with Crippen molar-refractivity contribution in [1.82, 2.24) is 0 Å². The van der Waals surface area contributed by atoms with E-state index in [-0.39, 0.29) is 5.17 Å². The van der Waals surface area contributed by atoms with Crippen LogP contribution in [0.15, 0.2) is 53.7 Å². The number of nitrogens with zero attached hydrogens (tertiary/aromatic N) is 1. The Balaban J connectivity index is 2.13. The molecule has 0 saturated carbocycles. The largest absolute Gasteiger partial charge is 0.457 e. The molecule has 0 aromatic heterocycles. The summed E-state index contributed by atoms with van der Waals surface area (Å²) in [5.74, 6) is 1.34. The van der Waals surface area contributed by atoms with Crippen molar-refractivity contribution >= 4 is 28.4 Å². The number of benzene rings is 2. The van der Waals surface area contributed by atoms with Crippen molar-refractivity contribution in [3.63, 3.8) is 0 Å². The molecule has 2 rings (SSSR count). The molecular weight excluding hydrogens is 273 g/mol. The van der Waals surface area contributed by atoms with Crippen LogP contribution in [0.25, 0.3) is 0 Å². The van der Waals surface area contributed by atoms with Crippen LogP contribution >= 0.6 is 23.2 Å². The predicted octanol–water partition coefficient (Wildman–Crippen LogP) is 4.51. The fourth-order valence-corrected chi connectivity index (χ4v) is 1.61. The van der Waals surface area contributed by atoms with Crippen LogP contribution in [0.2, 0.25) is 5.02 Å². The first-order chi connectivity index (χ1) is 8.69. The van der Waals surface area contributed by atoms with Crippen LogP contribution in [-0.4, -0.2) is 10.4 Å². The van der Waals surface area contributed by atoms with Gasteiger partial charge in [0.15, 0.2) is 5.17 Å². The molecule has 0 bridgehead atoms. The average Bonchev–Trinajstić information content (AvgIpc) is 2.41. The zero-order valence-electron chi connectivity index (χ0n) is 9.18. The summed E-state index contributed by atoms with van der Waals surface area (Å²) in [5.41, 5.74) is 0.614. The summed E-state index contributed by atoms with van der Waals surface area (Å²) >= 11 is 11.4. The second-order valence-corrected chi connectivity index (χ2v) is 4.27. The van der Waals surface area contributed by atoms with Gasteiger partial charge in [-0.25, -0.2) is 0 Å². The van der Waals surface area contributed by atoms with E-state index in [0.717, 1.165) is 0 Å². The molecule has 92 valence electrons. The van der Waals surface area contributed by atoms with E-state index in [1.165, 1.54) is 0 Å². The lowest BCUT2D eigenvalue weighted by Gasteiger charge is -2.06. The monoisotopic (exact) mass is 281 g/mol. The van der Waals surface area contributed by atoms with E-state index in [1.807, 2.05) is 0 Å². The predicted molar refractivity (Wildman–Crippen MR) is 72.1 cm³/mol. The molecule has 1 N–H and O–H groups in total. The smallest absolute Gasteiger partial charge is 0.175 e. The van der Waals surface area contributed by atoms with E-state index < -0.39 is 0 Å². The summed E-state index contributed by atoms with van der Waals surface area (Å²) in [6.07, 6.45) is 0. The fourth-order valence-electron chi connectivity index (χ4n) is 1.36. The molecule has 2 aromatic carbocycles. The maximum absolute atomic E-state index is 8.53. The van der Waals surface area contributed by atoms with Crippen LogP contribution in [0, 0.1) is 0 Å². The molecule has 0 unspecified atom stereocenters. The molecule has 2 aromatic rings. The van der Waals surface area contributed by atoms with Gasteiger partial charge in [-0.3, -0.25) is 0 Å². The first-order valence-electron chi connectivity index (χ1n) is 5.10. The lowest BCUT2D eigenvalue weighted by Crippen LogP contribution is -1.91. The third kappa shape index (κ3) is 3.15. The van der Waals surface area contributed by atoms with Crippen LogP contribution in [-0.2, 0) is 0 Å². The van der Waals surface area contributed by atoms with Gasteiger partial charge in [0, 0.05) is 10.6 Å². The molecule has 5 heteroatoms. The average molecular weight is 282 g/mol. The molecule has 0 radical (unpaired) electrons. The number of halogens is 2. The number of ether oxygens (including phenoxy) is 1. The molecule has 0 fully saturated rings. The van der Waals surface area contributed by atoms with E-state index >= 15 is 0 Å². The number of hydrogen-bond acceptors (Lipinski definition) is 3. The maximum atomic E-state index is 8.53. The highest BCUT2D eigenvalue weighted by atomic mass is 35.5. The van der Waals surface area contributed by atoms with Gasteiger partial charge in [0.2, 0.25) is 0 Å². The second kappa shape index (κ2) is 5.76. The van der Waals surface area contributed by atoms with Crippen molar-refractivity contribution in [2.24, 2.45) is 5.16 Å². The first-order valence-corrected chi connectivity index (χ1v) is 5.86. The van der Waals surface area contributed by atoms with Crippen molar-refractivity contribution in [3.8, 4) is 11.5 Å². The highest BCUT2D eigenvalue weighted by molar-refractivity contribution is 6.69. The summed E-state index contributed by atoms with van der Waals surface area (Å²) in [7, 11) is 0. The van der Waals surface area contributed by atoms with E-state index in [4.69, 9.17) is 33.1 Å². The lowest BCUT2D eigenvalue weighted by molar-refractivity contribution is 0.321. The number of oxime groups is 1. The molecule has 18 heavy (non-hydrogen) atoms. The Morgan fingerprint density at radius 1 is 0.944 bits per heavy atom. The van der Waals surface area contributed by atoms with Gasteiger partial charge >= 0.3 is 0 Å². The molecule has 0 aliphatic carbocycles. The Kier molecular flexibility index (Phi) is 4.07. The van der Waals surface area contributed by atoms with E-state index in [0.29, 0.717) is 22.1 Å². The minimum atomic E-state index is 0.0352. The zero-order chi connectivity index (χ0) is 13.0. The van der Waals surface area contributed by atoms with Crippen molar-refractivity contribution < 1.29 is 9.94 Å². The van der Waals surface area contributed by atoms with Crippen molar-refractivity contribution in [1.29, 1.82) is 0 Å². The number of hydrogen-bond donors (Lipinski definition) is 1. The summed E-state index contributed by atoms with van der Waals surface area (Å²) in [6, 6.07) is 13.9. The van der Waals surface area contributed by atoms with E-state index in [2.05, 4.69) is 5.16 Å². The third-order valence-electron chi connectivity index (χ3n) is 2.23. The van der Waals surface area contributed by atoms with Gasteiger partial charge in [-0.15, -0.1) is 0 Å². The molecule has 0 saturated heterocycles. The van der Waals surface area contributed by atoms with Crippen molar-refractivity contribution in [2.75, 3.05) is 0 Å². The van der Waals surface area contributed by atoms with Crippen molar-refractivity contribution in [3.05, 3.63) is 59.1 Å². The van der Waals surface area contributed by atoms with Gasteiger partial charge in [0.05, 0.1) is 0 Å². The highest BCUT2D eigenvalue weighted by Crippen LogP contribution is 2.23. The SMILES string of the molecule is O/N=C(\Cl)c1ccc(Oc2ccc(Cl)cc2)cc1. The molecule has 0 aliphatic rings. The molecule has 0 heterocycles. The Morgan fingerprint density at radius 2 is 1.44 bits per heavy atom. The second-order valence-electron chi connectivity index (χ2n) is 3.47. The first kappa shape index (κ1) is 12.7. The zero-order valence-corrected chi connectivity index (χ0v) is 10.7. The minimum absolute atomic E-state index is 0.0352. The van der Waals surface area contributed by atoms with Gasteiger partial charge in [0.25, 0.3) is 0 Å². The topological polar surface area (TPSA) is 41.8 Å². The van der Waals surface area contributed by atoms with Crippen molar-refractivity contribution in [2.45, 2.75) is 0 Å². The maximum Gasteiger partial charge on any atom is 0.175 e. The molecule has 3 nitrogen and oxygen atoms in total. The van der Waals surface area contributed by atoms with Gasteiger partial charge in [-0.1, -0.05) is 28.4 Å². The standard InChI is InChI=1S/C13H9Cl2NO2/c14-10-3-7-12(8-4-10)18-11-5-1-9(2-6-11)13(15)16-17/h1-8,17H/b16-13-. The molecule has 0 spiro atoms. The van der Waals surface area contributed by atoms with Gasteiger partial charge in [-0.2, -0.15) is 0 Å². The summed E-state index contributed by atoms with van der Waals surface area (Å²) in [6.45, 7) is 0. The lowest BCUT2D eigenvalue weighted by atomic mass is 10.2. The van der Waals surface area contributed by atoms with Gasteiger partial charge < -0.3 is 9.94 Å². The normalized spacial score (nSPS) is 11.3. The molecule has 0 atom stereocenters. The Hall–Kier alpha value is -1.71. The van der Waals surface area contributed by atoms with Gasteiger partial charge in [-0.05, 0) is 48.5 Å². The van der Waals surface area contributed by atoms with E-state index in [9.17, 15) is 0 Å². The van der Waals surface area contributed by atoms with Crippen LogP contribution in [0.1, 0.15) is 5.56 Å². The molecular formula is C13H9Cl2NO2. The Labute approximate surface area is 114 Å². The summed E-state index contributed by atoms with van der Waals surface area (Å²) in [4.78, 5) is 0. The van der Waals surface area contributed by atoms with Crippen LogP contribution < -0.4 is 4.74 Å². The summed E-state index contributed by atoms with van der Waals surface area (Å²) in [5, 5.41) is 12.1. The number of rotatable bonds is 3. The molecule has 0 aliphatic heterocycles. The van der Waals surface area contributed by atoms with Crippen LogP contribution in [0.4, 0.5) is 0 Å². The minimum Gasteiger partial charge on any atom is -0.457 e. The Morgan fingerprint density at radius 3 is 1.94 bits per heavy atom. The Bertz CT molecular complexity index is 550.